The van der Waals surface area contributed by atoms with Crippen LogP contribution in [0.5, 0.6) is 0 Å². The second-order valence-electron chi connectivity index (χ2n) is 7.64. The van der Waals surface area contributed by atoms with Crippen molar-refractivity contribution < 1.29 is 14.0 Å². The smallest absolute Gasteiger partial charge is 0.253 e. The molecule has 1 aromatic heterocycles. The summed E-state index contributed by atoms with van der Waals surface area (Å²) in [7, 11) is 0. The zero-order valence-corrected chi connectivity index (χ0v) is 18.8. The van der Waals surface area contributed by atoms with Crippen molar-refractivity contribution in [2.45, 2.75) is 25.4 Å². The summed E-state index contributed by atoms with van der Waals surface area (Å²) in [4.78, 5) is 27.5. The first-order valence-electron chi connectivity index (χ1n) is 10.4. The highest BCUT2D eigenvalue weighted by molar-refractivity contribution is 6.42. The lowest BCUT2D eigenvalue weighted by molar-refractivity contribution is 0.0929. The Hall–Kier alpha value is -2.96. The number of hydrogen-bond acceptors (Lipinski definition) is 4. The molecular formula is C24H23Cl2N3O3. The molecule has 1 fully saturated rings. The van der Waals surface area contributed by atoms with Crippen LogP contribution in [0.3, 0.4) is 0 Å². The van der Waals surface area contributed by atoms with Crippen LogP contribution in [-0.4, -0.2) is 30.9 Å². The first kappa shape index (κ1) is 22.2. The molecule has 0 atom stereocenters. The predicted octanol–water partition coefficient (Wildman–Crippen LogP) is 4.92. The van der Waals surface area contributed by atoms with E-state index in [1.54, 1.807) is 30.5 Å². The lowest BCUT2D eigenvalue weighted by Crippen LogP contribution is -2.45. The van der Waals surface area contributed by atoms with Crippen LogP contribution in [0.2, 0.25) is 10.0 Å². The van der Waals surface area contributed by atoms with Crippen molar-refractivity contribution in [2.75, 3.05) is 18.0 Å². The summed E-state index contributed by atoms with van der Waals surface area (Å²) < 4.78 is 5.28. The Kier molecular flexibility index (Phi) is 7.02. The Morgan fingerprint density at radius 1 is 0.969 bits per heavy atom. The number of furan rings is 1. The Bertz CT molecular complexity index is 1090. The lowest BCUT2D eigenvalue weighted by Gasteiger charge is -2.35. The Morgan fingerprint density at radius 3 is 2.47 bits per heavy atom. The van der Waals surface area contributed by atoms with Gasteiger partial charge in [0, 0.05) is 30.4 Å². The van der Waals surface area contributed by atoms with Crippen molar-refractivity contribution in [3.05, 3.63) is 87.8 Å². The molecule has 0 spiro atoms. The number of para-hydroxylation sites is 1. The third-order valence-corrected chi connectivity index (χ3v) is 6.24. The number of carbonyl (C=O) groups is 2. The van der Waals surface area contributed by atoms with E-state index in [9.17, 15) is 9.59 Å². The number of benzene rings is 2. The molecule has 4 rings (SSSR count). The zero-order valence-electron chi connectivity index (χ0n) is 17.3. The average molecular weight is 472 g/mol. The molecule has 1 aliphatic rings. The van der Waals surface area contributed by atoms with Gasteiger partial charge in [-0.25, -0.2) is 0 Å². The van der Waals surface area contributed by atoms with E-state index in [1.165, 1.54) is 0 Å². The first-order chi connectivity index (χ1) is 15.5. The van der Waals surface area contributed by atoms with Gasteiger partial charge in [-0.2, -0.15) is 0 Å². The van der Waals surface area contributed by atoms with E-state index in [4.69, 9.17) is 27.6 Å². The number of amides is 2. The van der Waals surface area contributed by atoms with Gasteiger partial charge in [0.1, 0.15) is 5.76 Å². The van der Waals surface area contributed by atoms with Gasteiger partial charge in [-0.15, -0.1) is 0 Å². The van der Waals surface area contributed by atoms with Crippen LogP contribution in [0.1, 0.15) is 39.3 Å². The number of anilines is 1. The Labute approximate surface area is 196 Å². The van der Waals surface area contributed by atoms with Gasteiger partial charge in [0.05, 0.1) is 28.4 Å². The fourth-order valence-corrected chi connectivity index (χ4v) is 4.09. The van der Waals surface area contributed by atoms with Crippen LogP contribution in [0.15, 0.2) is 65.3 Å². The number of nitrogens with one attached hydrogen (secondary N) is 2. The minimum absolute atomic E-state index is 0.0492. The van der Waals surface area contributed by atoms with Crippen LogP contribution >= 0.6 is 23.2 Å². The number of piperidine rings is 1. The van der Waals surface area contributed by atoms with E-state index in [-0.39, 0.29) is 17.9 Å². The predicted molar refractivity (Wildman–Crippen MR) is 125 cm³/mol. The van der Waals surface area contributed by atoms with Crippen molar-refractivity contribution in [1.82, 2.24) is 10.6 Å². The second-order valence-corrected chi connectivity index (χ2v) is 8.46. The van der Waals surface area contributed by atoms with E-state index < -0.39 is 0 Å². The van der Waals surface area contributed by atoms with Gasteiger partial charge in [-0.3, -0.25) is 9.59 Å². The molecule has 0 aliphatic carbocycles. The van der Waals surface area contributed by atoms with Crippen molar-refractivity contribution in [2.24, 2.45) is 0 Å². The van der Waals surface area contributed by atoms with Crippen LogP contribution in [0, 0.1) is 0 Å². The second kappa shape index (κ2) is 10.1. The van der Waals surface area contributed by atoms with Crippen LogP contribution in [0.4, 0.5) is 5.69 Å². The molecule has 2 aromatic carbocycles. The molecule has 166 valence electrons. The van der Waals surface area contributed by atoms with E-state index in [2.05, 4.69) is 15.5 Å². The first-order valence-corrected chi connectivity index (χ1v) is 11.2. The minimum Gasteiger partial charge on any atom is -0.467 e. The molecule has 2 N–H and O–H groups in total. The highest BCUT2D eigenvalue weighted by atomic mass is 35.5. The molecule has 0 saturated carbocycles. The molecule has 1 saturated heterocycles. The Balaban J connectivity index is 1.35. The van der Waals surface area contributed by atoms with Crippen molar-refractivity contribution >= 4 is 40.7 Å². The summed E-state index contributed by atoms with van der Waals surface area (Å²) in [5.41, 5.74) is 2.00. The number of hydrogen-bond donors (Lipinski definition) is 2. The average Bonchev–Trinajstić information content (AvgIpc) is 3.33. The molecule has 32 heavy (non-hydrogen) atoms. The van der Waals surface area contributed by atoms with Gasteiger partial charge in [0.25, 0.3) is 11.8 Å². The molecule has 2 amide bonds. The lowest BCUT2D eigenvalue weighted by atomic mass is 10.0. The van der Waals surface area contributed by atoms with Gasteiger partial charge in [0.15, 0.2) is 0 Å². The van der Waals surface area contributed by atoms with Crippen LogP contribution < -0.4 is 15.5 Å². The van der Waals surface area contributed by atoms with Gasteiger partial charge in [-0.1, -0.05) is 35.3 Å². The third kappa shape index (κ3) is 5.26. The molecule has 8 heteroatoms. The quantitative estimate of drug-likeness (QED) is 0.535. The van der Waals surface area contributed by atoms with Gasteiger partial charge in [-0.05, 0) is 55.3 Å². The van der Waals surface area contributed by atoms with E-state index in [1.807, 2.05) is 30.3 Å². The fourth-order valence-electron chi connectivity index (χ4n) is 3.79. The summed E-state index contributed by atoms with van der Waals surface area (Å²) in [6, 6.07) is 16.1. The molecule has 0 unspecified atom stereocenters. The number of rotatable bonds is 6. The minimum atomic E-state index is -0.167. The van der Waals surface area contributed by atoms with Gasteiger partial charge >= 0.3 is 0 Å². The molecule has 6 nitrogen and oxygen atoms in total. The maximum atomic E-state index is 12.8. The topological polar surface area (TPSA) is 74.6 Å². The zero-order chi connectivity index (χ0) is 22.5. The third-order valence-electron chi connectivity index (χ3n) is 5.50. The summed E-state index contributed by atoms with van der Waals surface area (Å²) >= 11 is 12.0. The maximum absolute atomic E-state index is 12.8. The van der Waals surface area contributed by atoms with Crippen LogP contribution in [-0.2, 0) is 6.54 Å². The standard InChI is InChI=1S/C24H23Cl2N3O3/c25-20-8-7-16(14-21(20)26)23(30)28-17-9-11-29(12-10-17)22-6-2-1-5-19(22)24(31)27-15-18-4-3-13-32-18/h1-8,13-14,17H,9-12,15H2,(H,27,31)(H,28,30). The molecule has 1 aliphatic heterocycles. The summed E-state index contributed by atoms with van der Waals surface area (Å²) in [6.07, 6.45) is 3.13. The molecule has 0 bridgehead atoms. The van der Waals surface area contributed by atoms with Crippen LogP contribution in [0.25, 0.3) is 0 Å². The van der Waals surface area contributed by atoms with Crippen molar-refractivity contribution in [3.63, 3.8) is 0 Å². The highest BCUT2D eigenvalue weighted by Crippen LogP contribution is 2.25. The molecular weight excluding hydrogens is 449 g/mol. The Morgan fingerprint density at radius 2 is 1.75 bits per heavy atom. The SMILES string of the molecule is O=C(NC1CCN(c2ccccc2C(=O)NCc2ccco2)CC1)c1ccc(Cl)c(Cl)c1. The van der Waals surface area contributed by atoms with E-state index in [0.717, 1.165) is 31.6 Å². The monoisotopic (exact) mass is 471 g/mol. The van der Waals surface area contributed by atoms with Gasteiger partial charge < -0.3 is 20.0 Å². The number of carbonyl (C=O) groups excluding carboxylic acids is 2. The van der Waals surface area contributed by atoms with E-state index >= 15 is 0 Å². The molecule has 2 heterocycles. The largest absolute Gasteiger partial charge is 0.467 e. The number of nitrogens with zero attached hydrogens (tertiary/aromatic N) is 1. The summed E-state index contributed by atoms with van der Waals surface area (Å²) in [5.74, 6) is 0.390. The van der Waals surface area contributed by atoms with Crippen molar-refractivity contribution in [3.8, 4) is 0 Å². The number of halogens is 2. The normalized spacial score (nSPS) is 14.2. The maximum Gasteiger partial charge on any atom is 0.253 e. The van der Waals surface area contributed by atoms with Crippen molar-refractivity contribution in [1.29, 1.82) is 0 Å². The highest BCUT2D eigenvalue weighted by Gasteiger charge is 2.24. The van der Waals surface area contributed by atoms with Gasteiger partial charge in [0.2, 0.25) is 0 Å². The summed E-state index contributed by atoms with van der Waals surface area (Å²) in [6.45, 7) is 1.80. The molecule has 0 radical (unpaired) electrons. The fraction of sp³-hybridized carbons (Fsp3) is 0.250. The summed E-state index contributed by atoms with van der Waals surface area (Å²) in [5, 5.41) is 6.75. The molecule has 3 aromatic rings. The van der Waals surface area contributed by atoms with E-state index in [0.29, 0.717) is 33.5 Å².